The summed E-state index contributed by atoms with van der Waals surface area (Å²) >= 11 is 3.59. The van der Waals surface area contributed by atoms with Gasteiger partial charge in [-0.25, -0.2) is 0 Å². The third-order valence-corrected chi connectivity index (χ3v) is 6.69. The summed E-state index contributed by atoms with van der Waals surface area (Å²) in [5, 5.41) is 0. The lowest BCUT2D eigenvalue weighted by Crippen LogP contribution is -2.54. The average Bonchev–Trinajstić information content (AvgIpc) is 2.55. The van der Waals surface area contributed by atoms with Gasteiger partial charge in [-0.3, -0.25) is 4.90 Å². The van der Waals surface area contributed by atoms with Crippen LogP contribution in [0.3, 0.4) is 0 Å². The number of hydrogen-bond donors (Lipinski definition) is 0. The molecule has 0 radical (unpaired) electrons. The predicted molar refractivity (Wildman–Crippen MR) is 116 cm³/mol. The Labute approximate surface area is 167 Å². The highest BCUT2D eigenvalue weighted by Crippen LogP contribution is 2.39. The number of rotatable bonds is 4. The molecule has 1 aliphatic heterocycles. The highest BCUT2D eigenvalue weighted by molar-refractivity contribution is 9.10. The second-order valence-electron chi connectivity index (χ2n) is 8.37. The molecule has 0 amide bonds. The molecule has 0 saturated heterocycles. The van der Waals surface area contributed by atoms with Gasteiger partial charge in [0.25, 0.3) is 0 Å². The maximum Gasteiger partial charge on any atom is 0.182 e. The van der Waals surface area contributed by atoms with Crippen molar-refractivity contribution >= 4 is 24.0 Å². The van der Waals surface area contributed by atoms with E-state index in [2.05, 4.69) is 109 Å². The van der Waals surface area contributed by atoms with Crippen molar-refractivity contribution in [1.29, 1.82) is 0 Å². The van der Waals surface area contributed by atoms with Gasteiger partial charge in [-0.1, -0.05) is 71.6 Å². The Kier molecular flexibility index (Phi) is 5.47. The van der Waals surface area contributed by atoms with Gasteiger partial charge in [-0.15, -0.1) is 0 Å². The monoisotopic (exact) mass is 429 g/mol. The van der Waals surface area contributed by atoms with Crippen LogP contribution in [0.4, 0.5) is 0 Å². The van der Waals surface area contributed by atoms with E-state index in [-0.39, 0.29) is 0 Å². The molecule has 26 heavy (non-hydrogen) atoms. The first-order valence-electron chi connectivity index (χ1n) is 9.14. The van der Waals surface area contributed by atoms with Crippen LogP contribution in [0.1, 0.15) is 25.0 Å². The maximum absolute atomic E-state index is 6.63. The Morgan fingerprint density at radius 3 is 2.54 bits per heavy atom. The van der Waals surface area contributed by atoms with Crippen LogP contribution in [-0.2, 0) is 13.1 Å². The fraction of sp³-hybridized carbons (Fsp3) is 0.364. The van der Waals surface area contributed by atoms with E-state index in [9.17, 15) is 0 Å². The number of halogens is 1. The van der Waals surface area contributed by atoms with Crippen LogP contribution in [0.5, 0.6) is 5.75 Å². The van der Waals surface area contributed by atoms with E-state index in [1.165, 1.54) is 16.7 Å². The van der Waals surface area contributed by atoms with Crippen LogP contribution in [0, 0.1) is 0 Å². The van der Waals surface area contributed by atoms with Gasteiger partial charge < -0.3 is 4.74 Å². The maximum atomic E-state index is 6.63. The van der Waals surface area contributed by atoms with Crippen molar-refractivity contribution in [3.05, 3.63) is 75.4 Å². The molecule has 138 valence electrons. The molecule has 1 atom stereocenters. The second kappa shape index (κ2) is 7.33. The van der Waals surface area contributed by atoms with E-state index in [4.69, 9.17) is 4.74 Å². The van der Waals surface area contributed by atoms with Gasteiger partial charge in [0.15, 0.2) is 5.72 Å². The van der Waals surface area contributed by atoms with Crippen LogP contribution < -0.4 is 4.74 Å². The molecule has 4 heteroatoms. The zero-order chi connectivity index (χ0) is 18.9. The van der Waals surface area contributed by atoms with Gasteiger partial charge in [-0.2, -0.15) is 0 Å². The lowest BCUT2D eigenvalue weighted by atomic mass is 10.00. The Hall–Kier alpha value is -1.36. The van der Waals surface area contributed by atoms with E-state index in [1.54, 1.807) is 0 Å². The van der Waals surface area contributed by atoms with Crippen LogP contribution in [0.2, 0.25) is 19.6 Å². The molecule has 0 aromatic heterocycles. The molecule has 2 aromatic carbocycles. The SMILES string of the molecule is C/C(=C\[Si](C)(C)C)C1(C)Oc2ccc(Br)cc2CN1Cc1ccccc1. The minimum absolute atomic E-state index is 0.434. The molecule has 1 aliphatic rings. The minimum atomic E-state index is -1.35. The lowest BCUT2D eigenvalue weighted by Gasteiger charge is -2.46. The molecule has 0 spiro atoms. The molecular formula is C22H28BrNOSi. The molecule has 0 aliphatic carbocycles. The van der Waals surface area contributed by atoms with Crippen LogP contribution in [0.25, 0.3) is 0 Å². The average molecular weight is 430 g/mol. The van der Waals surface area contributed by atoms with Crippen LogP contribution in [-0.4, -0.2) is 18.7 Å². The summed E-state index contributed by atoms with van der Waals surface area (Å²) in [6.45, 7) is 13.3. The summed E-state index contributed by atoms with van der Waals surface area (Å²) < 4.78 is 7.72. The Morgan fingerprint density at radius 2 is 1.88 bits per heavy atom. The molecule has 2 nitrogen and oxygen atoms in total. The number of hydrogen-bond acceptors (Lipinski definition) is 2. The lowest BCUT2D eigenvalue weighted by molar-refractivity contribution is -0.0686. The topological polar surface area (TPSA) is 12.5 Å². The smallest absolute Gasteiger partial charge is 0.182 e. The van der Waals surface area contributed by atoms with Crippen molar-refractivity contribution in [3.63, 3.8) is 0 Å². The molecule has 0 saturated carbocycles. The van der Waals surface area contributed by atoms with Gasteiger partial charge in [0.1, 0.15) is 5.75 Å². The summed E-state index contributed by atoms with van der Waals surface area (Å²) in [6, 6.07) is 17.0. The first kappa shape index (κ1) is 19.4. The number of benzene rings is 2. The minimum Gasteiger partial charge on any atom is -0.469 e. The van der Waals surface area contributed by atoms with Crippen molar-refractivity contribution in [1.82, 2.24) is 4.90 Å². The molecule has 3 rings (SSSR count). The summed E-state index contributed by atoms with van der Waals surface area (Å²) in [4.78, 5) is 2.45. The first-order valence-corrected chi connectivity index (χ1v) is 13.5. The molecule has 1 heterocycles. The fourth-order valence-corrected chi connectivity index (χ4v) is 5.51. The second-order valence-corrected chi connectivity index (χ2v) is 14.3. The van der Waals surface area contributed by atoms with Crippen molar-refractivity contribution in [3.8, 4) is 5.75 Å². The Morgan fingerprint density at radius 1 is 1.19 bits per heavy atom. The van der Waals surface area contributed by atoms with Crippen molar-refractivity contribution in [2.24, 2.45) is 0 Å². The van der Waals surface area contributed by atoms with Gasteiger partial charge in [0, 0.05) is 23.1 Å². The van der Waals surface area contributed by atoms with Gasteiger partial charge in [0.05, 0.1) is 8.07 Å². The Balaban J connectivity index is 2.02. The Bertz CT molecular complexity index is 813. The van der Waals surface area contributed by atoms with E-state index < -0.39 is 13.8 Å². The van der Waals surface area contributed by atoms with E-state index >= 15 is 0 Å². The van der Waals surface area contributed by atoms with Gasteiger partial charge in [0.2, 0.25) is 0 Å². The van der Waals surface area contributed by atoms with E-state index in [0.717, 1.165) is 23.3 Å². The zero-order valence-corrected chi connectivity index (χ0v) is 18.9. The summed E-state index contributed by atoms with van der Waals surface area (Å²) in [5.41, 5.74) is 5.88. The van der Waals surface area contributed by atoms with Gasteiger partial charge >= 0.3 is 0 Å². The largest absolute Gasteiger partial charge is 0.469 e. The van der Waals surface area contributed by atoms with Crippen molar-refractivity contribution in [2.45, 2.75) is 52.3 Å². The highest BCUT2D eigenvalue weighted by atomic mass is 79.9. The van der Waals surface area contributed by atoms with E-state index in [1.807, 2.05) is 0 Å². The predicted octanol–water partition coefficient (Wildman–Crippen LogP) is 6.38. The molecule has 0 fully saturated rings. The summed E-state index contributed by atoms with van der Waals surface area (Å²) in [5.74, 6) is 0.989. The number of ether oxygens (including phenoxy) is 1. The van der Waals surface area contributed by atoms with E-state index in [0.29, 0.717) is 0 Å². The summed E-state index contributed by atoms with van der Waals surface area (Å²) in [7, 11) is -1.35. The third-order valence-electron chi connectivity index (χ3n) is 4.89. The van der Waals surface area contributed by atoms with Crippen LogP contribution in [0.15, 0.2) is 64.3 Å². The highest BCUT2D eigenvalue weighted by Gasteiger charge is 2.40. The van der Waals surface area contributed by atoms with Crippen molar-refractivity contribution < 1.29 is 4.74 Å². The number of fused-ring (bicyclic) bond motifs is 1. The zero-order valence-electron chi connectivity index (χ0n) is 16.3. The van der Waals surface area contributed by atoms with Crippen molar-refractivity contribution in [2.75, 3.05) is 0 Å². The molecule has 0 N–H and O–H groups in total. The summed E-state index contributed by atoms with van der Waals surface area (Å²) in [6.07, 6.45) is 0. The molecular weight excluding hydrogens is 402 g/mol. The fourth-order valence-electron chi connectivity index (χ4n) is 3.53. The molecule has 2 aromatic rings. The quantitative estimate of drug-likeness (QED) is 0.522. The van der Waals surface area contributed by atoms with Gasteiger partial charge in [-0.05, 0) is 43.2 Å². The molecule has 0 bridgehead atoms. The normalized spacial score (nSPS) is 21.2. The first-order chi connectivity index (χ1) is 12.2. The third kappa shape index (κ3) is 4.30. The standard InChI is InChI=1S/C22H28BrNOSi/c1-17(16-26(3,4)5)22(2)24(14-18-9-7-6-8-10-18)15-19-13-20(23)11-12-21(19)25-22/h6-13,16H,14-15H2,1-5H3/b17-16+. The molecule has 1 unspecified atom stereocenters. The number of nitrogens with zero attached hydrogens (tertiary/aromatic N) is 1. The van der Waals surface area contributed by atoms with Crippen LogP contribution >= 0.6 is 15.9 Å².